The van der Waals surface area contributed by atoms with E-state index in [2.05, 4.69) is 17.2 Å². The molecule has 0 atom stereocenters. The number of thiazole rings is 1. The highest BCUT2D eigenvalue weighted by Gasteiger charge is 1.92. The SMILES string of the molecule is CCNc1csc(C)n1.Cl. The molecule has 0 aliphatic rings. The molecular formula is C6H11ClN2S. The number of hydrogen-bond acceptors (Lipinski definition) is 3. The maximum atomic E-state index is 4.21. The van der Waals surface area contributed by atoms with Crippen molar-refractivity contribution in [2.75, 3.05) is 11.9 Å². The molecule has 0 aliphatic carbocycles. The van der Waals surface area contributed by atoms with Crippen LogP contribution in [0.15, 0.2) is 5.38 Å². The Kier molecular flexibility index (Phi) is 4.40. The van der Waals surface area contributed by atoms with Crippen molar-refractivity contribution in [3.63, 3.8) is 0 Å². The molecule has 0 amide bonds. The van der Waals surface area contributed by atoms with Crippen LogP contribution in [0.2, 0.25) is 0 Å². The van der Waals surface area contributed by atoms with Crippen molar-refractivity contribution in [2.24, 2.45) is 0 Å². The molecule has 1 heterocycles. The molecule has 0 unspecified atom stereocenters. The number of hydrogen-bond donors (Lipinski definition) is 1. The van der Waals surface area contributed by atoms with Gasteiger partial charge in [-0.05, 0) is 13.8 Å². The van der Waals surface area contributed by atoms with Gasteiger partial charge in [0.25, 0.3) is 0 Å². The molecule has 0 radical (unpaired) electrons. The molecule has 10 heavy (non-hydrogen) atoms. The summed E-state index contributed by atoms with van der Waals surface area (Å²) in [6.07, 6.45) is 0. The molecule has 1 aromatic rings. The summed E-state index contributed by atoms with van der Waals surface area (Å²) in [5, 5.41) is 6.27. The number of nitrogens with zero attached hydrogens (tertiary/aromatic N) is 1. The Morgan fingerprint density at radius 1 is 1.70 bits per heavy atom. The van der Waals surface area contributed by atoms with Gasteiger partial charge in [0.1, 0.15) is 5.82 Å². The van der Waals surface area contributed by atoms with Gasteiger partial charge in [-0.15, -0.1) is 23.7 Å². The zero-order chi connectivity index (χ0) is 6.69. The van der Waals surface area contributed by atoms with Crippen LogP contribution in [0.25, 0.3) is 0 Å². The van der Waals surface area contributed by atoms with Gasteiger partial charge in [-0.25, -0.2) is 4.98 Å². The molecule has 1 rings (SSSR count). The Balaban J connectivity index is 0.000000810. The number of aryl methyl sites for hydroxylation is 1. The Morgan fingerprint density at radius 2 is 2.40 bits per heavy atom. The summed E-state index contributed by atoms with van der Waals surface area (Å²) in [6.45, 7) is 5.02. The van der Waals surface area contributed by atoms with E-state index in [-0.39, 0.29) is 12.4 Å². The summed E-state index contributed by atoms with van der Waals surface area (Å²) < 4.78 is 0. The first-order valence-corrected chi connectivity index (χ1v) is 3.87. The molecule has 0 spiro atoms. The highest BCUT2D eigenvalue weighted by atomic mass is 35.5. The van der Waals surface area contributed by atoms with E-state index in [0.29, 0.717) is 0 Å². The molecule has 0 bridgehead atoms. The molecule has 2 nitrogen and oxygen atoms in total. The molecule has 4 heteroatoms. The van der Waals surface area contributed by atoms with Crippen molar-refractivity contribution in [3.8, 4) is 0 Å². The molecule has 1 aromatic heterocycles. The minimum Gasteiger partial charge on any atom is -0.370 e. The van der Waals surface area contributed by atoms with E-state index in [1.807, 2.05) is 12.3 Å². The van der Waals surface area contributed by atoms with Crippen LogP contribution in [0.4, 0.5) is 5.82 Å². The van der Waals surface area contributed by atoms with Crippen LogP contribution in [0.1, 0.15) is 11.9 Å². The van der Waals surface area contributed by atoms with Crippen LogP contribution in [-0.2, 0) is 0 Å². The molecule has 0 saturated carbocycles. The first kappa shape index (κ1) is 9.72. The maximum Gasteiger partial charge on any atom is 0.137 e. The molecule has 0 saturated heterocycles. The van der Waals surface area contributed by atoms with Gasteiger partial charge in [0, 0.05) is 11.9 Å². The van der Waals surface area contributed by atoms with Crippen LogP contribution in [0.3, 0.4) is 0 Å². The van der Waals surface area contributed by atoms with E-state index in [0.717, 1.165) is 17.4 Å². The second-order valence-corrected chi connectivity index (χ2v) is 2.84. The quantitative estimate of drug-likeness (QED) is 0.752. The Bertz CT molecular complexity index is 188. The van der Waals surface area contributed by atoms with Gasteiger partial charge in [0.2, 0.25) is 0 Å². The van der Waals surface area contributed by atoms with Crippen molar-refractivity contribution in [2.45, 2.75) is 13.8 Å². The Hall–Kier alpha value is -0.280. The van der Waals surface area contributed by atoms with Crippen molar-refractivity contribution < 1.29 is 0 Å². The third-order valence-electron chi connectivity index (χ3n) is 0.977. The fraction of sp³-hybridized carbons (Fsp3) is 0.500. The summed E-state index contributed by atoms with van der Waals surface area (Å²) in [6, 6.07) is 0. The predicted octanol–water partition coefficient (Wildman–Crippen LogP) is 2.31. The lowest BCUT2D eigenvalue weighted by atomic mass is 10.7. The van der Waals surface area contributed by atoms with Crippen molar-refractivity contribution >= 4 is 29.6 Å². The monoisotopic (exact) mass is 178 g/mol. The lowest BCUT2D eigenvalue weighted by Crippen LogP contribution is -1.95. The smallest absolute Gasteiger partial charge is 0.137 e. The second kappa shape index (κ2) is 4.52. The molecule has 0 fully saturated rings. The summed E-state index contributed by atoms with van der Waals surface area (Å²) >= 11 is 1.67. The van der Waals surface area contributed by atoms with Crippen LogP contribution < -0.4 is 5.32 Å². The molecule has 0 aliphatic heterocycles. The predicted molar refractivity (Wildman–Crippen MR) is 48.3 cm³/mol. The van der Waals surface area contributed by atoms with Crippen molar-refractivity contribution in [1.82, 2.24) is 4.98 Å². The lowest BCUT2D eigenvalue weighted by Gasteiger charge is -1.92. The summed E-state index contributed by atoms with van der Waals surface area (Å²) in [5.74, 6) is 1.00. The molecule has 1 N–H and O–H groups in total. The van der Waals surface area contributed by atoms with Gasteiger partial charge in [-0.3, -0.25) is 0 Å². The first-order chi connectivity index (χ1) is 4.33. The van der Waals surface area contributed by atoms with E-state index in [9.17, 15) is 0 Å². The average Bonchev–Trinajstić information content (AvgIpc) is 2.17. The van der Waals surface area contributed by atoms with Crippen LogP contribution in [-0.4, -0.2) is 11.5 Å². The summed E-state index contributed by atoms with van der Waals surface area (Å²) in [7, 11) is 0. The lowest BCUT2D eigenvalue weighted by molar-refractivity contribution is 1.16. The third-order valence-corrected chi connectivity index (χ3v) is 1.75. The normalized spacial score (nSPS) is 8.60. The first-order valence-electron chi connectivity index (χ1n) is 2.99. The Labute approximate surface area is 71.1 Å². The van der Waals surface area contributed by atoms with Crippen LogP contribution in [0.5, 0.6) is 0 Å². The number of nitrogens with one attached hydrogen (secondary N) is 1. The van der Waals surface area contributed by atoms with E-state index >= 15 is 0 Å². The number of rotatable bonds is 2. The van der Waals surface area contributed by atoms with Crippen LogP contribution >= 0.6 is 23.7 Å². The summed E-state index contributed by atoms with van der Waals surface area (Å²) in [5.41, 5.74) is 0. The third kappa shape index (κ3) is 2.54. The van der Waals surface area contributed by atoms with Gasteiger partial charge < -0.3 is 5.32 Å². The van der Waals surface area contributed by atoms with Gasteiger partial charge in [0.15, 0.2) is 0 Å². The highest BCUT2D eigenvalue weighted by Crippen LogP contribution is 2.11. The minimum absolute atomic E-state index is 0. The zero-order valence-corrected chi connectivity index (χ0v) is 7.68. The van der Waals surface area contributed by atoms with Gasteiger partial charge >= 0.3 is 0 Å². The van der Waals surface area contributed by atoms with Gasteiger partial charge in [-0.2, -0.15) is 0 Å². The number of anilines is 1. The topological polar surface area (TPSA) is 24.9 Å². The highest BCUT2D eigenvalue weighted by molar-refractivity contribution is 7.09. The second-order valence-electron chi connectivity index (χ2n) is 1.78. The van der Waals surface area contributed by atoms with Crippen LogP contribution in [0, 0.1) is 6.92 Å². The van der Waals surface area contributed by atoms with E-state index < -0.39 is 0 Å². The number of halogens is 1. The fourth-order valence-electron chi connectivity index (χ4n) is 0.626. The minimum atomic E-state index is 0. The van der Waals surface area contributed by atoms with Gasteiger partial charge in [0.05, 0.1) is 5.01 Å². The van der Waals surface area contributed by atoms with E-state index in [4.69, 9.17) is 0 Å². The largest absolute Gasteiger partial charge is 0.370 e. The fourth-order valence-corrected chi connectivity index (χ4v) is 1.20. The van der Waals surface area contributed by atoms with Gasteiger partial charge in [-0.1, -0.05) is 0 Å². The maximum absolute atomic E-state index is 4.21. The molecule has 58 valence electrons. The van der Waals surface area contributed by atoms with Crippen molar-refractivity contribution in [1.29, 1.82) is 0 Å². The van der Waals surface area contributed by atoms with Crippen molar-refractivity contribution in [3.05, 3.63) is 10.4 Å². The Morgan fingerprint density at radius 3 is 2.80 bits per heavy atom. The standard InChI is InChI=1S/C6H10N2S.ClH/c1-3-7-6-4-9-5(2)8-6;/h4,7H,3H2,1-2H3;1H. The molecule has 0 aromatic carbocycles. The molecular weight excluding hydrogens is 168 g/mol. The summed E-state index contributed by atoms with van der Waals surface area (Å²) in [4.78, 5) is 4.21. The number of aromatic nitrogens is 1. The van der Waals surface area contributed by atoms with E-state index in [1.165, 1.54) is 0 Å². The van der Waals surface area contributed by atoms with E-state index in [1.54, 1.807) is 11.3 Å². The zero-order valence-electron chi connectivity index (χ0n) is 6.05. The average molecular weight is 179 g/mol.